The second kappa shape index (κ2) is 8.87. The molecule has 0 radical (unpaired) electrons. The smallest absolute Gasteiger partial charge is 0.269 e. The Morgan fingerprint density at radius 3 is 2.67 bits per heavy atom. The summed E-state index contributed by atoms with van der Waals surface area (Å²) >= 11 is 0. The van der Waals surface area contributed by atoms with E-state index < -0.39 is 10.0 Å². The lowest BCUT2D eigenvalue weighted by Crippen LogP contribution is -2.35. The van der Waals surface area contributed by atoms with E-state index in [1.54, 1.807) is 30.5 Å². The van der Waals surface area contributed by atoms with E-state index in [-0.39, 0.29) is 23.4 Å². The summed E-state index contributed by atoms with van der Waals surface area (Å²) in [6.07, 6.45) is 5.54. The van der Waals surface area contributed by atoms with Gasteiger partial charge in [0.2, 0.25) is 10.0 Å². The zero-order chi connectivity index (χ0) is 21.1. The molecule has 3 heterocycles. The molecule has 2 N–H and O–H groups in total. The molecule has 1 saturated heterocycles. The van der Waals surface area contributed by atoms with Gasteiger partial charge in [0.05, 0.1) is 11.1 Å². The van der Waals surface area contributed by atoms with Gasteiger partial charge in [-0.15, -0.1) is 0 Å². The predicted molar refractivity (Wildman–Crippen MR) is 114 cm³/mol. The Morgan fingerprint density at radius 2 is 1.93 bits per heavy atom. The fraction of sp³-hybridized carbons (Fsp3) is 0.524. The number of likely N-dealkylation sites (tertiary alicyclic amines) is 1. The van der Waals surface area contributed by atoms with Crippen LogP contribution in [-0.2, 0) is 16.4 Å². The number of rotatable bonds is 8. The third-order valence-electron chi connectivity index (χ3n) is 5.92. The number of amides is 1. The molecular weight excluding hydrogens is 402 g/mol. The van der Waals surface area contributed by atoms with Gasteiger partial charge < -0.3 is 14.8 Å². The predicted octanol–water partition coefficient (Wildman–Crippen LogP) is 1.48. The molecule has 2 aliphatic heterocycles. The van der Waals surface area contributed by atoms with Crippen LogP contribution in [0.4, 0.5) is 0 Å². The number of hydrogen-bond acceptors (Lipinski definition) is 5. The lowest BCUT2D eigenvalue weighted by Gasteiger charge is -2.18. The van der Waals surface area contributed by atoms with Gasteiger partial charge in [-0.05, 0) is 51.4 Å². The van der Waals surface area contributed by atoms with Gasteiger partial charge in [-0.2, -0.15) is 0 Å². The third-order valence-corrected chi connectivity index (χ3v) is 7.36. The molecule has 0 bridgehead atoms. The van der Waals surface area contributed by atoms with Gasteiger partial charge in [-0.1, -0.05) is 17.7 Å². The van der Waals surface area contributed by atoms with Crippen LogP contribution in [-0.4, -0.2) is 61.5 Å². The zero-order valence-electron chi connectivity index (χ0n) is 17.3. The Labute approximate surface area is 177 Å². The summed E-state index contributed by atoms with van der Waals surface area (Å²) in [5, 5.41) is 2.99. The van der Waals surface area contributed by atoms with Crippen LogP contribution in [0.1, 0.15) is 47.2 Å². The van der Waals surface area contributed by atoms with Crippen LogP contribution in [0.2, 0.25) is 0 Å². The number of aryl methyl sites for hydroxylation is 2. The monoisotopic (exact) mass is 431 g/mol. The molecule has 1 fully saturated rings. The van der Waals surface area contributed by atoms with E-state index in [9.17, 15) is 13.2 Å². The average Bonchev–Trinajstić information content (AvgIpc) is 3.45. The number of imidazole rings is 1. The Morgan fingerprint density at radius 1 is 1.20 bits per heavy atom. The Kier molecular flexibility index (Phi) is 6.21. The van der Waals surface area contributed by atoms with Crippen molar-refractivity contribution in [2.45, 2.75) is 43.5 Å². The van der Waals surface area contributed by atoms with E-state index in [1.165, 1.54) is 12.8 Å². The van der Waals surface area contributed by atoms with E-state index >= 15 is 0 Å². The van der Waals surface area contributed by atoms with Crippen LogP contribution >= 0.6 is 0 Å². The van der Waals surface area contributed by atoms with Gasteiger partial charge in [0.15, 0.2) is 0 Å². The largest absolute Gasteiger partial charge is 0.349 e. The number of nitrogens with zero attached hydrogens (tertiary/aromatic N) is 3. The van der Waals surface area contributed by atoms with Crippen molar-refractivity contribution in [3.05, 3.63) is 47.5 Å². The Bertz CT molecular complexity index is 994. The minimum absolute atomic E-state index is 0.123. The molecule has 0 spiro atoms. The third kappa shape index (κ3) is 4.58. The number of aromatic nitrogens is 2. The maximum atomic E-state index is 12.7. The van der Waals surface area contributed by atoms with Crippen LogP contribution in [0.5, 0.6) is 0 Å². The number of sulfonamides is 1. The van der Waals surface area contributed by atoms with Crippen LogP contribution in [0.3, 0.4) is 0 Å². The van der Waals surface area contributed by atoms with Crippen molar-refractivity contribution >= 4 is 15.9 Å². The first-order valence-corrected chi connectivity index (χ1v) is 12.1. The molecule has 9 heteroatoms. The molecule has 0 aliphatic carbocycles. The van der Waals surface area contributed by atoms with Crippen LogP contribution in [0.15, 0.2) is 35.4 Å². The van der Waals surface area contributed by atoms with E-state index in [2.05, 4.69) is 19.9 Å². The quantitative estimate of drug-likeness (QED) is 0.660. The normalized spacial score (nSPS) is 19.2. The maximum absolute atomic E-state index is 12.7. The standard InChI is InChI=1S/C21H29N5O3S/c1-16-4-7-18(8-5-16)30(28,29)24-14-17-6-9-20-23-15-19(26(17)20)21(27)22-10-13-25-11-2-3-12-25/h4-5,7-8,15,17,24H,2-3,6,9-14H2,1H3,(H,22,27)/t17-/m0/s1. The first kappa shape index (κ1) is 21.0. The van der Waals surface area contributed by atoms with Crippen molar-refractivity contribution in [2.75, 3.05) is 32.7 Å². The van der Waals surface area contributed by atoms with E-state index in [0.29, 0.717) is 12.2 Å². The van der Waals surface area contributed by atoms with Crippen molar-refractivity contribution in [3.63, 3.8) is 0 Å². The number of benzene rings is 1. The fourth-order valence-corrected chi connectivity index (χ4v) is 5.28. The van der Waals surface area contributed by atoms with Crippen molar-refractivity contribution in [2.24, 2.45) is 0 Å². The summed E-state index contributed by atoms with van der Waals surface area (Å²) in [5.41, 5.74) is 1.51. The molecule has 1 aromatic heterocycles. The Hall–Kier alpha value is -2.23. The summed E-state index contributed by atoms with van der Waals surface area (Å²) in [7, 11) is -3.60. The summed E-state index contributed by atoms with van der Waals surface area (Å²) in [4.78, 5) is 19.7. The lowest BCUT2D eigenvalue weighted by molar-refractivity contribution is 0.0939. The van der Waals surface area contributed by atoms with Crippen molar-refractivity contribution in [1.29, 1.82) is 0 Å². The Balaban J connectivity index is 1.38. The van der Waals surface area contributed by atoms with Crippen LogP contribution in [0, 0.1) is 6.92 Å². The van der Waals surface area contributed by atoms with E-state index in [1.807, 2.05) is 11.5 Å². The first-order valence-electron chi connectivity index (χ1n) is 10.6. The molecule has 1 aromatic carbocycles. The van der Waals surface area contributed by atoms with Crippen molar-refractivity contribution < 1.29 is 13.2 Å². The van der Waals surface area contributed by atoms with Gasteiger partial charge >= 0.3 is 0 Å². The van der Waals surface area contributed by atoms with Crippen LogP contribution < -0.4 is 10.0 Å². The number of nitrogens with one attached hydrogen (secondary N) is 2. The van der Waals surface area contributed by atoms with Gasteiger partial charge in [0.25, 0.3) is 5.91 Å². The van der Waals surface area contributed by atoms with Crippen LogP contribution in [0.25, 0.3) is 0 Å². The first-order chi connectivity index (χ1) is 14.4. The van der Waals surface area contributed by atoms with E-state index in [4.69, 9.17) is 0 Å². The highest BCUT2D eigenvalue weighted by Crippen LogP contribution is 2.27. The molecule has 2 aromatic rings. The summed E-state index contributed by atoms with van der Waals surface area (Å²) in [6, 6.07) is 6.65. The molecule has 162 valence electrons. The fourth-order valence-electron chi connectivity index (χ4n) is 4.21. The molecule has 30 heavy (non-hydrogen) atoms. The molecule has 1 atom stereocenters. The second-order valence-corrected chi connectivity index (χ2v) is 9.86. The summed E-state index contributed by atoms with van der Waals surface area (Å²) in [6.45, 7) is 5.80. The SMILES string of the molecule is Cc1ccc(S(=O)(=O)NC[C@@H]2CCc3ncc(C(=O)NCCN4CCCC4)n32)cc1. The minimum atomic E-state index is -3.60. The maximum Gasteiger partial charge on any atom is 0.269 e. The van der Waals surface area contributed by atoms with Gasteiger partial charge in [-0.25, -0.2) is 18.1 Å². The molecular formula is C21H29N5O3S. The highest BCUT2D eigenvalue weighted by molar-refractivity contribution is 7.89. The molecule has 1 amide bonds. The average molecular weight is 432 g/mol. The van der Waals surface area contributed by atoms with Crippen molar-refractivity contribution in [1.82, 2.24) is 24.5 Å². The van der Waals surface area contributed by atoms with E-state index in [0.717, 1.165) is 43.9 Å². The number of hydrogen-bond donors (Lipinski definition) is 2. The summed E-state index contributed by atoms with van der Waals surface area (Å²) in [5.74, 6) is 0.681. The van der Waals surface area contributed by atoms with Gasteiger partial charge in [-0.3, -0.25) is 4.79 Å². The minimum Gasteiger partial charge on any atom is -0.349 e. The molecule has 4 rings (SSSR count). The highest BCUT2D eigenvalue weighted by Gasteiger charge is 2.29. The second-order valence-electron chi connectivity index (χ2n) is 8.09. The topological polar surface area (TPSA) is 96.3 Å². The van der Waals surface area contributed by atoms with Gasteiger partial charge in [0, 0.05) is 32.1 Å². The molecule has 0 unspecified atom stereocenters. The van der Waals surface area contributed by atoms with Gasteiger partial charge in [0.1, 0.15) is 11.5 Å². The number of carbonyl (C=O) groups is 1. The number of carbonyl (C=O) groups excluding carboxylic acids is 1. The lowest BCUT2D eigenvalue weighted by atomic mass is 10.2. The van der Waals surface area contributed by atoms with Crippen molar-refractivity contribution in [3.8, 4) is 0 Å². The molecule has 2 aliphatic rings. The number of fused-ring (bicyclic) bond motifs is 1. The molecule has 0 saturated carbocycles. The summed E-state index contributed by atoms with van der Waals surface area (Å²) < 4.78 is 29.8. The molecule has 8 nitrogen and oxygen atoms in total. The highest BCUT2D eigenvalue weighted by atomic mass is 32.2. The zero-order valence-corrected chi connectivity index (χ0v) is 18.1.